The second kappa shape index (κ2) is 6.15. The predicted molar refractivity (Wildman–Crippen MR) is 92.6 cm³/mol. The number of fused-ring (bicyclic) bond motifs is 1. The number of ketones is 1. The Kier molecular flexibility index (Phi) is 4.18. The first-order chi connectivity index (χ1) is 11.5. The van der Waals surface area contributed by atoms with Crippen molar-refractivity contribution < 1.29 is 14.7 Å². The molecule has 1 aliphatic heterocycles. The molecular weight excluding hydrogens is 304 g/mol. The van der Waals surface area contributed by atoms with Crippen LogP contribution in [-0.2, 0) is 16.6 Å². The van der Waals surface area contributed by atoms with E-state index in [-0.39, 0.29) is 17.8 Å². The van der Waals surface area contributed by atoms with E-state index in [4.69, 9.17) is 0 Å². The molecule has 126 valence electrons. The van der Waals surface area contributed by atoms with E-state index in [2.05, 4.69) is 0 Å². The summed E-state index contributed by atoms with van der Waals surface area (Å²) in [5.74, 6) is -1.03. The van der Waals surface area contributed by atoms with E-state index in [1.54, 1.807) is 11.8 Å². The third-order valence-electron chi connectivity index (χ3n) is 4.61. The maximum atomic E-state index is 12.5. The second-order valence-electron chi connectivity index (χ2n) is 6.15. The molecule has 3 rings (SSSR count). The highest BCUT2D eigenvalue weighted by molar-refractivity contribution is 6.09. The van der Waals surface area contributed by atoms with Gasteiger partial charge in [0.25, 0.3) is 5.91 Å². The van der Waals surface area contributed by atoms with Crippen LogP contribution in [0.5, 0.6) is 0 Å². The van der Waals surface area contributed by atoms with Crippen LogP contribution in [0.4, 0.5) is 0 Å². The van der Waals surface area contributed by atoms with Crippen LogP contribution in [0, 0.1) is 0 Å². The molecule has 2 aromatic rings. The number of aromatic nitrogens is 1. The minimum absolute atomic E-state index is 0.183. The van der Waals surface area contributed by atoms with E-state index in [1.807, 2.05) is 49.0 Å². The molecule has 0 aliphatic carbocycles. The van der Waals surface area contributed by atoms with Crippen LogP contribution in [0.25, 0.3) is 10.9 Å². The highest BCUT2D eigenvalue weighted by Gasteiger charge is 2.43. The summed E-state index contributed by atoms with van der Waals surface area (Å²) in [6, 6.07) is 7.38. The van der Waals surface area contributed by atoms with Gasteiger partial charge in [-0.1, -0.05) is 32.0 Å². The van der Waals surface area contributed by atoms with Crippen LogP contribution in [0.2, 0.25) is 0 Å². The zero-order valence-corrected chi connectivity index (χ0v) is 14.2. The number of nitrogens with zero attached hydrogens (tertiary/aromatic N) is 2. The summed E-state index contributed by atoms with van der Waals surface area (Å²) < 4.78 is 1.99. The number of Topliss-reactive ketones (excluding diaryl/α,β-unsaturated/α-hetero) is 1. The van der Waals surface area contributed by atoms with Crippen molar-refractivity contribution >= 4 is 22.6 Å². The van der Waals surface area contributed by atoms with Gasteiger partial charge >= 0.3 is 0 Å². The van der Waals surface area contributed by atoms with Crippen LogP contribution in [-0.4, -0.2) is 32.8 Å². The number of aryl methyl sites for hydroxylation is 1. The predicted octanol–water partition coefficient (Wildman–Crippen LogP) is 3.26. The lowest BCUT2D eigenvalue weighted by molar-refractivity contribution is -0.129. The Morgan fingerprint density at radius 3 is 2.62 bits per heavy atom. The van der Waals surface area contributed by atoms with Crippen LogP contribution < -0.4 is 0 Å². The average Bonchev–Trinajstić information content (AvgIpc) is 3.04. The van der Waals surface area contributed by atoms with E-state index in [9.17, 15) is 14.7 Å². The minimum atomic E-state index is -0.518. The molecule has 24 heavy (non-hydrogen) atoms. The summed E-state index contributed by atoms with van der Waals surface area (Å²) in [7, 11) is 1.94. The van der Waals surface area contributed by atoms with Crippen molar-refractivity contribution in [2.75, 3.05) is 6.54 Å². The maximum absolute atomic E-state index is 12.5. The quantitative estimate of drug-likeness (QED) is 0.917. The van der Waals surface area contributed by atoms with E-state index in [1.165, 1.54) is 0 Å². The van der Waals surface area contributed by atoms with Gasteiger partial charge in [0, 0.05) is 42.7 Å². The largest absolute Gasteiger partial charge is 0.503 e. The zero-order valence-electron chi connectivity index (χ0n) is 14.2. The van der Waals surface area contributed by atoms with Gasteiger partial charge in [-0.25, -0.2) is 0 Å². The van der Waals surface area contributed by atoms with Crippen LogP contribution in [0.1, 0.15) is 38.3 Å². The molecule has 5 heteroatoms. The molecule has 1 unspecified atom stereocenters. The molecule has 1 aromatic heterocycles. The van der Waals surface area contributed by atoms with Gasteiger partial charge in [0.1, 0.15) is 0 Å². The fourth-order valence-electron chi connectivity index (χ4n) is 3.51. The molecule has 1 N–H and O–H groups in total. The Morgan fingerprint density at radius 2 is 1.96 bits per heavy atom. The van der Waals surface area contributed by atoms with Gasteiger partial charge < -0.3 is 14.6 Å². The third-order valence-corrected chi connectivity index (χ3v) is 4.61. The number of carbonyl (C=O) groups excluding carboxylic acids is 2. The van der Waals surface area contributed by atoms with Crippen molar-refractivity contribution in [1.29, 1.82) is 0 Å². The molecule has 0 saturated carbocycles. The van der Waals surface area contributed by atoms with E-state index < -0.39 is 17.7 Å². The SMILES string of the molecule is CCCN1C(=O)C(O)=C(C(=O)CC)C1c1cn(C)c2ccccc12. The topological polar surface area (TPSA) is 62.5 Å². The molecule has 1 aliphatic rings. The lowest BCUT2D eigenvalue weighted by atomic mass is 9.94. The summed E-state index contributed by atoms with van der Waals surface area (Å²) >= 11 is 0. The van der Waals surface area contributed by atoms with Gasteiger partial charge in [-0.2, -0.15) is 0 Å². The molecule has 1 aromatic carbocycles. The Morgan fingerprint density at radius 1 is 1.25 bits per heavy atom. The normalized spacial score (nSPS) is 18.0. The average molecular weight is 326 g/mol. The van der Waals surface area contributed by atoms with E-state index >= 15 is 0 Å². The van der Waals surface area contributed by atoms with Crippen molar-refractivity contribution in [2.24, 2.45) is 7.05 Å². The number of rotatable bonds is 5. The molecule has 2 heterocycles. The number of para-hydroxylation sites is 1. The first kappa shape index (κ1) is 16.3. The van der Waals surface area contributed by atoms with Crippen molar-refractivity contribution in [3.05, 3.63) is 47.4 Å². The lowest BCUT2D eigenvalue weighted by Gasteiger charge is -2.25. The highest BCUT2D eigenvalue weighted by Crippen LogP contribution is 2.41. The Balaban J connectivity index is 2.23. The van der Waals surface area contributed by atoms with Gasteiger partial charge in [-0.15, -0.1) is 0 Å². The fourth-order valence-corrected chi connectivity index (χ4v) is 3.51. The molecule has 0 spiro atoms. The fraction of sp³-hybridized carbons (Fsp3) is 0.368. The smallest absolute Gasteiger partial charge is 0.290 e. The van der Waals surface area contributed by atoms with Gasteiger partial charge in [0.05, 0.1) is 11.6 Å². The molecule has 5 nitrogen and oxygen atoms in total. The molecular formula is C19H22N2O3. The molecule has 0 saturated heterocycles. The van der Waals surface area contributed by atoms with Gasteiger partial charge in [0.2, 0.25) is 0 Å². The minimum Gasteiger partial charge on any atom is -0.503 e. The zero-order chi connectivity index (χ0) is 17.4. The standard InChI is InChI=1S/C19H22N2O3/c1-4-10-21-17(16(15(22)5-2)18(23)19(21)24)13-11-20(3)14-9-7-6-8-12(13)14/h6-9,11,17,23H,4-5,10H2,1-3H3. The molecule has 1 amide bonds. The summed E-state index contributed by atoms with van der Waals surface area (Å²) in [4.78, 5) is 26.6. The number of carbonyl (C=O) groups is 2. The van der Waals surface area contributed by atoms with Crippen molar-refractivity contribution in [3.63, 3.8) is 0 Å². The van der Waals surface area contributed by atoms with Crippen molar-refractivity contribution in [2.45, 2.75) is 32.7 Å². The monoisotopic (exact) mass is 326 g/mol. The first-order valence-electron chi connectivity index (χ1n) is 8.32. The summed E-state index contributed by atoms with van der Waals surface area (Å²) in [6.07, 6.45) is 2.97. The second-order valence-corrected chi connectivity index (χ2v) is 6.15. The van der Waals surface area contributed by atoms with Crippen LogP contribution in [0.15, 0.2) is 41.8 Å². The Hall–Kier alpha value is -2.56. The molecule has 0 fully saturated rings. The maximum Gasteiger partial charge on any atom is 0.290 e. The number of amides is 1. The number of hydrogen-bond acceptors (Lipinski definition) is 3. The molecule has 0 bridgehead atoms. The molecule has 0 radical (unpaired) electrons. The van der Waals surface area contributed by atoms with Crippen molar-refractivity contribution in [1.82, 2.24) is 9.47 Å². The third kappa shape index (κ3) is 2.31. The van der Waals surface area contributed by atoms with Crippen LogP contribution >= 0.6 is 0 Å². The van der Waals surface area contributed by atoms with E-state index in [0.29, 0.717) is 6.54 Å². The summed E-state index contributed by atoms with van der Waals surface area (Å²) in [5.41, 5.74) is 2.15. The number of benzene rings is 1. The van der Waals surface area contributed by atoms with Crippen LogP contribution in [0.3, 0.4) is 0 Å². The molecule has 1 atom stereocenters. The van der Waals surface area contributed by atoms with E-state index in [0.717, 1.165) is 22.9 Å². The van der Waals surface area contributed by atoms with Gasteiger partial charge in [-0.3, -0.25) is 9.59 Å². The highest BCUT2D eigenvalue weighted by atomic mass is 16.3. The van der Waals surface area contributed by atoms with Gasteiger partial charge in [-0.05, 0) is 12.5 Å². The number of hydrogen-bond donors (Lipinski definition) is 1. The lowest BCUT2D eigenvalue weighted by Crippen LogP contribution is -2.31. The van der Waals surface area contributed by atoms with Crippen molar-refractivity contribution in [3.8, 4) is 0 Å². The Labute approximate surface area is 141 Å². The Bertz CT molecular complexity index is 847. The summed E-state index contributed by atoms with van der Waals surface area (Å²) in [6.45, 7) is 4.22. The van der Waals surface area contributed by atoms with Gasteiger partial charge in [0.15, 0.2) is 11.5 Å². The number of aliphatic hydroxyl groups excluding tert-OH is 1. The first-order valence-corrected chi connectivity index (χ1v) is 8.32. The summed E-state index contributed by atoms with van der Waals surface area (Å²) in [5, 5.41) is 11.3. The number of aliphatic hydroxyl groups is 1.